The van der Waals surface area contributed by atoms with Gasteiger partial charge in [0.1, 0.15) is 5.82 Å². The van der Waals surface area contributed by atoms with Gasteiger partial charge in [-0.3, -0.25) is 9.69 Å². The smallest absolute Gasteiger partial charge is 0.296 e. The lowest BCUT2D eigenvalue weighted by Gasteiger charge is -2.16. The Bertz CT molecular complexity index is 578. The van der Waals surface area contributed by atoms with E-state index in [1.807, 2.05) is 0 Å². The molecule has 0 N–H and O–H groups in total. The fraction of sp³-hybridized carbons (Fsp3) is 0.400. The molecule has 2 heterocycles. The molecule has 1 unspecified atom stereocenters. The highest BCUT2D eigenvalue weighted by molar-refractivity contribution is 9.10. The molecule has 0 aromatic carbocycles. The Morgan fingerprint density at radius 3 is 2.89 bits per heavy atom. The topological polar surface area (TPSA) is 67.3 Å². The number of amides is 1. The minimum Gasteiger partial charge on any atom is -0.296 e. The van der Waals surface area contributed by atoms with E-state index in [0.717, 1.165) is 0 Å². The Kier molecular flexibility index (Phi) is 3.67. The lowest BCUT2D eigenvalue weighted by molar-refractivity contribution is -0.117. The van der Waals surface area contributed by atoms with E-state index in [4.69, 9.17) is 0 Å². The van der Waals surface area contributed by atoms with Crippen LogP contribution in [0.25, 0.3) is 0 Å². The van der Waals surface area contributed by atoms with E-state index in [0.29, 0.717) is 10.3 Å². The first kappa shape index (κ1) is 13.4. The molecule has 0 radical (unpaired) electrons. The molecule has 1 aliphatic heterocycles. The van der Waals surface area contributed by atoms with Crippen LogP contribution in [0, 0.1) is 5.92 Å². The van der Waals surface area contributed by atoms with Gasteiger partial charge in [0.25, 0.3) is 0 Å². The third-order valence-corrected chi connectivity index (χ3v) is 4.12. The number of nitrogens with zero attached hydrogens (tertiary/aromatic N) is 2. The lowest BCUT2D eigenvalue weighted by Crippen LogP contribution is -2.26. The molecule has 0 spiro atoms. The Morgan fingerprint density at radius 1 is 1.56 bits per heavy atom. The second kappa shape index (κ2) is 4.93. The number of carbonyl (C=O) groups excluding carboxylic acids is 1. The molecular weight excluding hydrogens is 327 g/mol. The molecule has 1 saturated heterocycles. The Morgan fingerprint density at radius 2 is 2.28 bits per heavy atom. The second-order valence-corrected chi connectivity index (χ2v) is 6.35. The molecule has 5 nitrogen and oxygen atoms in total. The molecule has 0 bridgehead atoms. The minimum atomic E-state index is -4.56. The van der Waals surface area contributed by atoms with Gasteiger partial charge in [0, 0.05) is 25.1 Å². The highest BCUT2D eigenvalue weighted by Crippen LogP contribution is 2.29. The summed E-state index contributed by atoms with van der Waals surface area (Å²) in [6, 6.07) is 3.44. The fourth-order valence-electron chi connectivity index (χ4n) is 1.96. The second-order valence-electron chi connectivity index (χ2n) is 4.09. The quantitative estimate of drug-likeness (QED) is 0.784. The molecule has 2 rings (SSSR count). The summed E-state index contributed by atoms with van der Waals surface area (Å²) in [5, 5.41) is 0. The van der Waals surface area contributed by atoms with Crippen molar-refractivity contribution in [2.24, 2.45) is 5.92 Å². The minimum absolute atomic E-state index is 0.0200. The van der Waals surface area contributed by atoms with Gasteiger partial charge in [-0.15, -0.1) is 3.89 Å². The highest BCUT2D eigenvalue weighted by atomic mass is 79.9. The van der Waals surface area contributed by atoms with Gasteiger partial charge in [-0.25, -0.2) is 4.98 Å². The number of carbonyl (C=O) groups is 1. The highest BCUT2D eigenvalue weighted by Gasteiger charge is 2.34. The van der Waals surface area contributed by atoms with E-state index in [-0.39, 0.29) is 18.9 Å². The summed E-state index contributed by atoms with van der Waals surface area (Å²) in [6.45, 7) is 0.164. The lowest BCUT2D eigenvalue weighted by atomic mass is 10.1. The van der Waals surface area contributed by atoms with Crippen LogP contribution in [0.2, 0.25) is 0 Å². The zero-order valence-electron chi connectivity index (χ0n) is 9.21. The van der Waals surface area contributed by atoms with Gasteiger partial charge < -0.3 is 0 Å². The summed E-state index contributed by atoms with van der Waals surface area (Å²) < 4.78 is 34.4. The van der Waals surface area contributed by atoms with Gasteiger partial charge in [-0.2, -0.15) is 8.42 Å². The zero-order valence-corrected chi connectivity index (χ0v) is 11.6. The number of hydrogen-bond acceptors (Lipinski definition) is 4. The predicted molar refractivity (Wildman–Crippen MR) is 67.3 cm³/mol. The van der Waals surface area contributed by atoms with Crippen LogP contribution in [0.3, 0.4) is 0 Å². The number of anilines is 1. The number of aromatic nitrogens is 1. The van der Waals surface area contributed by atoms with Crippen molar-refractivity contribution < 1.29 is 17.1 Å². The van der Waals surface area contributed by atoms with Crippen molar-refractivity contribution in [3.8, 4) is 0 Å². The molecule has 1 atom stereocenters. The van der Waals surface area contributed by atoms with Crippen molar-refractivity contribution in [3.05, 3.63) is 22.8 Å². The maximum atomic E-state index is 12.6. The Balaban J connectivity index is 2.18. The molecule has 18 heavy (non-hydrogen) atoms. The van der Waals surface area contributed by atoms with Crippen LogP contribution < -0.4 is 4.90 Å². The van der Waals surface area contributed by atoms with Crippen molar-refractivity contribution >= 4 is 37.9 Å². The molecule has 1 fully saturated rings. The van der Waals surface area contributed by atoms with E-state index in [9.17, 15) is 17.1 Å². The molecule has 1 aliphatic rings. The molecule has 1 aromatic rings. The van der Waals surface area contributed by atoms with E-state index in [2.05, 4.69) is 20.9 Å². The van der Waals surface area contributed by atoms with E-state index < -0.39 is 21.9 Å². The molecule has 0 saturated carbocycles. The van der Waals surface area contributed by atoms with E-state index in [1.165, 1.54) is 11.1 Å². The average Bonchev–Trinajstić information content (AvgIpc) is 2.57. The number of halogens is 2. The first-order chi connectivity index (χ1) is 8.37. The van der Waals surface area contributed by atoms with Gasteiger partial charge in [0.15, 0.2) is 0 Å². The van der Waals surface area contributed by atoms with Crippen molar-refractivity contribution in [2.75, 3.05) is 17.2 Å². The Labute approximate surface area is 112 Å². The van der Waals surface area contributed by atoms with Crippen LogP contribution in [0.1, 0.15) is 6.42 Å². The number of rotatable bonds is 3. The van der Waals surface area contributed by atoms with Gasteiger partial charge in [-0.1, -0.05) is 0 Å². The molecule has 1 aromatic heterocycles. The monoisotopic (exact) mass is 336 g/mol. The van der Waals surface area contributed by atoms with Crippen molar-refractivity contribution in [1.29, 1.82) is 0 Å². The van der Waals surface area contributed by atoms with Crippen molar-refractivity contribution in [3.63, 3.8) is 0 Å². The van der Waals surface area contributed by atoms with Crippen LogP contribution >= 0.6 is 15.9 Å². The summed E-state index contributed by atoms with van der Waals surface area (Å²) in [5.41, 5.74) is 0. The third kappa shape index (κ3) is 3.05. The number of hydrogen-bond donors (Lipinski definition) is 0. The normalized spacial score (nSPS) is 20.4. The summed E-state index contributed by atoms with van der Waals surface area (Å²) in [5.74, 6) is -0.967. The van der Waals surface area contributed by atoms with E-state index in [1.54, 1.807) is 12.1 Å². The van der Waals surface area contributed by atoms with Crippen LogP contribution in [-0.4, -0.2) is 31.6 Å². The predicted octanol–water partition coefficient (Wildman–Crippen LogP) is 1.50. The van der Waals surface area contributed by atoms with Crippen molar-refractivity contribution in [2.45, 2.75) is 6.42 Å². The molecule has 1 amide bonds. The maximum absolute atomic E-state index is 12.6. The zero-order chi connectivity index (χ0) is 13.3. The number of pyridine rings is 1. The standard InChI is InChI=1S/C10H10BrFN2O3S/c11-8-2-1-3-13-10(8)14-5-7(4-9(14)15)6-18(12,16)17/h1-3,7H,4-6H2. The maximum Gasteiger partial charge on any atom is 0.302 e. The van der Waals surface area contributed by atoms with Gasteiger partial charge in [0.2, 0.25) is 5.91 Å². The molecular formula is C10H10BrFN2O3S. The van der Waals surface area contributed by atoms with Gasteiger partial charge >= 0.3 is 10.2 Å². The fourth-order valence-corrected chi connectivity index (χ4v) is 3.21. The molecule has 0 aliphatic carbocycles. The summed E-state index contributed by atoms with van der Waals surface area (Å²) in [7, 11) is -4.56. The summed E-state index contributed by atoms with van der Waals surface area (Å²) >= 11 is 3.27. The van der Waals surface area contributed by atoms with Gasteiger partial charge in [-0.05, 0) is 28.1 Å². The molecule has 8 heteroatoms. The first-order valence-corrected chi connectivity index (χ1v) is 7.54. The SMILES string of the molecule is O=C1CC(CS(=O)(=O)F)CN1c1ncccc1Br. The first-order valence-electron chi connectivity index (χ1n) is 5.20. The van der Waals surface area contributed by atoms with Crippen LogP contribution in [-0.2, 0) is 15.0 Å². The van der Waals surface area contributed by atoms with Crippen molar-refractivity contribution in [1.82, 2.24) is 4.98 Å². The molecule has 98 valence electrons. The summed E-state index contributed by atoms with van der Waals surface area (Å²) in [6.07, 6.45) is 1.55. The Hall–Kier alpha value is -1.02. The van der Waals surface area contributed by atoms with Crippen LogP contribution in [0.5, 0.6) is 0 Å². The van der Waals surface area contributed by atoms with Crippen LogP contribution in [0.4, 0.5) is 9.70 Å². The van der Waals surface area contributed by atoms with Gasteiger partial charge in [0.05, 0.1) is 10.2 Å². The van der Waals surface area contributed by atoms with Crippen LogP contribution in [0.15, 0.2) is 22.8 Å². The average molecular weight is 337 g/mol. The van der Waals surface area contributed by atoms with E-state index >= 15 is 0 Å². The third-order valence-electron chi connectivity index (χ3n) is 2.63. The summed E-state index contributed by atoms with van der Waals surface area (Å²) in [4.78, 5) is 17.2. The largest absolute Gasteiger partial charge is 0.302 e.